The average molecular weight is 422 g/mol. The molecule has 2 aromatic rings. The number of benzene rings is 1. The molecule has 1 unspecified atom stereocenters. The Balaban J connectivity index is 2.03. The predicted octanol–water partition coefficient (Wildman–Crippen LogP) is 4.06. The van der Waals surface area contributed by atoms with Crippen molar-refractivity contribution >= 4 is 29.0 Å². The lowest BCUT2D eigenvalue weighted by atomic mass is 10.1. The van der Waals surface area contributed by atoms with E-state index in [1.807, 2.05) is 19.2 Å². The first kappa shape index (κ1) is 20.6. The topological polar surface area (TPSA) is 64.8 Å². The maximum atomic E-state index is 12.9. The highest BCUT2D eigenvalue weighted by Crippen LogP contribution is 2.24. The molecule has 0 radical (unpaired) electrons. The van der Waals surface area contributed by atoms with E-state index in [-0.39, 0.29) is 17.6 Å². The van der Waals surface area contributed by atoms with Gasteiger partial charge in [0.2, 0.25) is 0 Å². The summed E-state index contributed by atoms with van der Waals surface area (Å²) in [4.78, 5) is 22.8. The number of hydrogen-bond donors (Lipinski definition) is 1. The van der Waals surface area contributed by atoms with Crippen LogP contribution in [0, 0.1) is 0 Å². The molecule has 1 aromatic heterocycles. The first-order chi connectivity index (χ1) is 13.2. The number of hydrogen-bond acceptors (Lipinski definition) is 5. The standard InChI is InChI=1S/C20H24ClN3O3S/c1-12-8-15(27-23-12)9-13-11-24(20(2,3)4)28-19(13)22-18(25)16-10-14(21)6-7-17(16)26-5/h6-8,10-11,15,23H,9H2,1-5H3. The van der Waals surface area contributed by atoms with Crippen molar-refractivity contribution in [2.75, 3.05) is 7.11 Å². The highest BCUT2D eigenvalue weighted by atomic mass is 35.5. The van der Waals surface area contributed by atoms with Crippen molar-refractivity contribution in [2.24, 2.45) is 4.99 Å². The summed E-state index contributed by atoms with van der Waals surface area (Å²) >= 11 is 7.51. The quantitative estimate of drug-likeness (QED) is 0.808. The second kappa shape index (κ2) is 8.11. The van der Waals surface area contributed by atoms with Gasteiger partial charge in [-0.05, 0) is 63.5 Å². The van der Waals surface area contributed by atoms with E-state index in [9.17, 15) is 4.79 Å². The Morgan fingerprint density at radius 1 is 1.43 bits per heavy atom. The lowest BCUT2D eigenvalue weighted by molar-refractivity contribution is 0.0430. The number of allylic oxidation sites excluding steroid dienone is 1. The number of amides is 1. The van der Waals surface area contributed by atoms with Crippen LogP contribution in [0.4, 0.5) is 0 Å². The van der Waals surface area contributed by atoms with Crippen LogP contribution in [0.2, 0.25) is 5.02 Å². The molecule has 0 saturated carbocycles. The van der Waals surface area contributed by atoms with E-state index in [1.54, 1.807) is 18.2 Å². The van der Waals surface area contributed by atoms with Crippen molar-refractivity contribution in [3.8, 4) is 5.75 Å². The maximum absolute atomic E-state index is 12.9. The summed E-state index contributed by atoms with van der Waals surface area (Å²) < 4.78 is 8.05. The maximum Gasteiger partial charge on any atom is 0.282 e. The normalized spacial score (nSPS) is 17.4. The van der Waals surface area contributed by atoms with Gasteiger partial charge in [0.05, 0.1) is 12.7 Å². The molecule has 0 bridgehead atoms. The molecule has 1 atom stereocenters. The number of rotatable bonds is 4. The zero-order chi connectivity index (χ0) is 20.5. The number of carbonyl (C=O) groups excluding carboxylic acids is 1. The van der Waals surface area contributed by atoms with Gasteiger partial charge in [-0.15, -0.1) is 0 Å². The summed E-state index contributed by atoms with van der Waals surface area (Å²) in [5.74, 6) is 0.0579. The third-order valence-corrected chi connectivity index (χ3v) is 5.83. The van der Waals surface area contributed by atoms with Gasteiger partial charge in [-0.2, -0.15) is 4.99 Å². The Bertz CT molecular complexity index is 985. The van der Waals surface area contributed by atoms with Gasteiger partial charge in [0, 0.05) is 34.4 Å². The van der Waals surface area contributed by atoms with Crippen molar-refractivity contribution in [2.45, 2.75) is 45.8 Å². The number of halogens is 1. The number of nitrogens with zero attached hydrogens (tertiary/aromatic N) is 2. The van der Waals surface area contributed by atoms with Crippen LogP contribution < -0.4 is 14.9 Å². The van der Waals surface area contributed by atoms with E-state index < -0.39 is 0 Å². The second-order valence-corrected chi connectivity index (χ2v) is 9.02. The number of hydroxylamine groups is 1. The van der Waals surface area contributed by atoms with Gasteiger partial charge in [-0.3, -0.25) is 19.1 Å². The number of nitrogens with one attached hydrogen (secondary N) is 1. The molecule has 0 fully saturated rings. The molecule has 150 valence electrons. The van der Waals surface area contributed by atoms with Crippen molar-refractivity contribution in [1.29, 1.82) is 0 Å². The highest BCUT2D eigenvalue weighted by Gasteiger charge is 2.21. The molecule has 0 aliphatic carbocycles. The highest BCUT2D eigenvalue weighted by molar-refractivity contribution is 7.04. The number of ether oxygens (including phenoxy) is 1. The minimum Gasteiger partial charge on any atom is -0.496 e. The molecule has 1 N–H and O–H groups in total. The summed E-state index contributed by atoms with van der Waals surface area (Å²) in [5, 5.41) is 0.460. The van der Waals surface area contributed by atoms with E-state index >= 15 is 0 Å². The molecule has 0 spiro atoms. The summed E-state index contributed by atoms with van der Waals surface area (Å²) in [7, 11) is 1.52. The molecule has 2 heterocycles. The third kappa shape index (κ3) is 4.66. The van der Waals surface area contributed by atoms with E-state index in [0.29, 0.717) is 27.4 Å². The van der Waals surface area contributed by atoms with Crippen molar-refractivity contribution in [3.63, 3.8) is 0 Å². The molecule has 1 amide bonds. The van der Waals surface area contributed by atoms with Gasteiger partial charge in [0.1, 0.15) is 16.5 Å². The van der Waals surface area contributed by atoms with Crippen molar-refractivity contribution < 1.29 is 14.4 Å². The number of methoxy groups -OCH3 is 1. The molecular weight excluding hydrogens is 398 g/mol. The fourth-order valence-corrected chi connectivity index (χ4v) is 3.96. The smallest absolute Gasteiger partial charge is 0.282 e. The van der Waals surface area contributed by atoms with Gasteiger partial charge >= 0.3 is 0 Å². The zero-order valence-corrected chi connectivity index (χ0v) is 18.1. The van der Waals surface area contributed by atoms with E-state index in [2.05, 4.69) is 35.2 Å². The molecular formula is C20H24ClN3O3S. The van der Waals surface area contributed by atoms with E-state index in [1.165, 1.54) is 18.6 Å². The lowest BCUT2D eigenvalue weighted by Gasteiger charge is -2.19. The summed E-state index contributed by atoms with van der Waals surface area (Å²) in [6.07, 6.45) is 4.57. The first-order valence-electron chi connectivity index (χ1n) is 8.92. The zero-order valence-electron chi connectivity index (χ0n) is 16.6. The summed E-state index contributed by atoms with van der Waals surface area (Å²) in [5.41, 5.74) is 5.01. The van der Waals surface area contributed by atoms with Crippen LogP contribution in [-0.2, 0) is 16.8 Å². The Morgan fingerprint density at radius 2 is 2.18 bits per heavy atom. The minimum atomic E-state index is -0.388. The van der Waals surface area contributed by atoms with Gasteiger partial charge in [0.25, 0.3) is 5.91 Å². The fraction of sp³-hybridized carbons (Fsp3) is 0.400. The number of aromatic nitrogens is 1. The largest absolute Gasteiger partial charge is 0.496 e. The van der Waals surface area contributed by atoms with E-state index in [0.717, 1.165) is 11.3 Å². The molecule has 28 heavy (non-hydrogen) atoms. The van der Waals surface area contributed by atoms with Crippen molar-refractivity contribution in [1.82, 2.24) is 9.44 Å². The predicted molar refractivity (Wildman–Crippen MR) is 111 cm³/mol. The van der Waals surface area contributed by atoms with Crippen molar-refractivity contribution in [3.05, 3.63) is 57.0 Å². The Labute approximate surface area is 173 Å². The monoisotopic (exact) mass is 421 g/mol. The van der Waals surface area contributed by atoms with Gasteiger partial charge in [-0.25, -0.2) is 0 Å². The van der Waals surface area contributed by atoms with Crippen LogP contribution >= 0.6 is 23.1 Å². The molecule has 1 aliphatic heterocycles. The first-order valence-corrected chi connectivity index (χ1v) is 10.1. The molecule has 1 aliphatic rings. The fourth-order valence-electron chi connectivity index (χ4n) is 2.77. The van der Waals surface area contributed by atoms with Gasteiger partial charge in [0.15, 0.2) is 0 Å². The SMILES string of the molecule is COc1ccc(Cl)cc1C(=O)N=c1sn(C(C)(C)C)cc1CC1C=C(C)NO1. The molecule has 0 saturated heterocycles. The van der Waals surface area contributed by atoms with Crippen LogP contribution in [0.25, 0.3) is 0 Å². The Kier molecular flexibility index (Phi) is 5.98. The Hall–Kier alpha value is -2.09. The van der Waals surface area contributed by atoms with Gasteiger partial charge in [-0.1, -0.05) is 11.6 Å². The van der Waals surface area contributed by atoms with Crippen LogP contribution in [0.15, 0.2) is 41.2 Å². The minimum absolute atomic E-state index is 0.104. The Morgan fingerprint density at radius 3 is 2.79 bits per heavy atom. The average Bonchev–Trinajstić information content (AvgIpc) is 3.21. The van der Waals surface area contributed by atoms with Crippen LogP contribution in [0.5, 0.6) is 5.75 Å². The lowest BCUT2D eigenvalue weighted by Crippen LogP contribution is -2.18. The molecule has 6 nitrogen and oxygen atoms in total. The summed E-state index contributed by atoms with van der Waals surface area (Å²) in [6, 6.07) is 4.93. The second-order valence-electron chi connectivity index (χ2n) is 7.62. The molecule has 3 rings (SSSR count). The van der Waals surface area contributed by atoms with E-state index in [4.69, 9.17) is 21.2 Å². The van der Waals surface area contributed by atoms with Crippen LogP contribution in [0.1, 0.15) is 43.6 Å². The van der Waals surface area contributed by atoms with Gasteiger partial charge < -0.3 is 4.74 Å². The number of carbonyl (C=O) groups is 1. The molecule has 8 heteroatoms. The third-order valence-electron chi connectivity index (χ3n) is 4.22. The van der Waals surface area contributed by atoms with Crippen LogP contribution in [0.3, 0.4) is 0 Å². The summed E-state index contributed by atoms with van der Waals surface area (Å²) in [6.45, 7) is 8.27. The molecule has 1 aromatic carbocycles. The van der Waals surface area contributed by atoms with Crippen LogP contribution in [-0.4, -0.2) is 23.1 Å².